The summed E-state index contributed by atoms with van der Waals surface area (Å²) in [5, 5.41) is 7.35. The molecule has 1 aromatic rings. The van der Waals surface area contributed by atoms with Crippen LogP contribution >= 0.6 is 0 Å². The molecule has 0 aliphatic rings. The average Bonchev–Trinajstić information content (AvgIpc) is 2.47. The van der Waals surface area contributed by atoms with Gasteiger partial charge in [0.2, 0.25) is 11.8 Å². The van der Waals surface area contributed by atoms with Crippen molar-refractivity contribution in [2.24, 2.45) is 0 Å². The molecule has 0 saturated heterocycles. The van der Waals surface area contributed by atoms with E-state index in [-0.39, 0.29) is 12.4 Å². The largest absolute Gasteiger partial charge is 0.469 e. The zero-order valence-corrected chi connectivity index (χ0v) is 7.03. The Morgan fingerprint density at radius 3 is 2.83 bits per heavy atom. The first kappa shape index (κ1) is 8.70. The lowest BCUT2D eigenvalue weighted by atomic mass is 10.3. The van der Waals surface area contributed by atoms with Crippen molar-refractivity contribution in [3.63, 3.8) is 0 Å². The van der Waals surface area contributed by atoms with E-state index in [0.717, 1.165) is 0 Å². The van der Waals surface area contributed by atoms with Gasteiger partial charge in [-0.1, -0.05) is 0 Å². The van der Waals surface area contributed by atoms with Crippen LogP contribution in [0.3, 0.4) is 0 Å². The van der Waals surface area contributed by atoms with E-state index >= 15 is 0 Å². The number of carbonyl (C=O) groups excluding carboxylic acids is 1. The lowest BCUT2D eigenvalue weighted by Crippen LogP contribution is -2.01. The molecule has 0 amide bonds. The van der Waals surface area contributed by atoms with Gasteiger partial charge in [0.1, 0.15) is 0 Å². The number of aryl methyl sites for hydroxylation is 2. The number of nitrogens with zero attached hydrogens (tertiary/aromatic N) is 2. The number of esters is 1. The Balaban J connectivity index is 2.38. The quantitative estimate of drug-likeness (QED) is 0.617. The third kappa shape index (κ3) is 2.34. The molecule has 1 heterocycles. The molecule has 0 N–H and O–H groups in total. The fourth-order valence-electron chi connectivity index (χ4n) is 0.750. The van der Waals surface area contributed by atoms with E-state index < -0.39 is 0 Å². The first-order chi connectivity index (χ1) is 5.72. The normalized spacial score (nSPS) is 9.83. The van der Waals surface area contributed by atoms with Gasteiger partial charge in [-0.15, -0.1) is 10.2 Å². The van der Waals surface area contributed by atoms with E-state index in [1.54, 1.807) is 6.92 Å². The Bertz CT molecular complexity index is 269. The predicted molar refractivity (Wildman–Crippen MR) is 39.4 cm³/mol. The Morgan fingerprint density at radius 1 is 1.58 bits per heavy atom. The van der Waals surface area contributed by atoms with Crippen LogP contribution in [0.25, 0.3) is 0 Å². The SMILES string of the molecule is COC(=O)CCc1nnc(C)o1. The Hall–Kier alpha value is -1.39. The maximum Gasteiger partial charge on any atom is 0.306 e. The van der Waals surface area contributed by atoms with E-state index in [0.29, 0.717) is 18.2 Å². The highest BCUT2D eigenvalue weighted by molar-refractivity contribution is 5.69. The van der Waals surface area contributed by atoms with Crippen LogP contribution in [0.15, 0.2) is 4.42 Å². The molecule has 1 aromatic heterocycles. The molecule has 0 saturated carbocycles. The lowest BCUT2D eigenvalue weighted by Gasteiger charge is -1.93. The van der Waals surface area contributed by atoms with Gasteiger partial charge in [0.05, 0.1) is 13.5 Å². The lowest BCUT2D eigenvalue weighted by molar-refractivity contribution is -0.140. The third-order valence-corrected chi connectivity index (χ3v) is 1.34. The van der Waals surface area contributed by atoms with Gasteiger partial charge in [-0.2, -0.15) is 0 Å². The molecule has 66 valence electrons. The summed E-state index contributed by atoms with van der Waals surface area (Å²) in [6, 6.07) is 0. The second kappa shape index (κ2) is 3.85. The van der Waals surface area contributed by atoms with Gasteiger partial charge in [-0.05, 0) is 0 Å². The maximum absolute atomic E-state index is 10.7. The van der Waals surface area contributed by atoms with E-state index in [9.17, 15) is 4.79 Å². The van der Waals surface area contributed by atoms with Crippen molar-refractivity contribution in [2.75, 3.05) is 7.11 Å². The first-order valence-corrected chi connectivity index (χ1v) is 3.58. The van der Waals surface area contributed by atoms with Crippen LogP contribution in [-0.4, -0.2) is 23.3 Å². The number of rotatable bonds is 3. The minimum Gasteiger partial charge on any atom is -0.469 e. The minimum atomic E-state index is -0.272. The average molecular weight is 170 g/mol. The summed E-state index contributed by atoms with van der Waals surface area (Å²) < 4.78 is 9.50. The van der Waals surface area contributed by atoms with Crippen molar-refractivity contribution in [1.29, 1.82) is 0 Å². The summed E-state index contributed by atoms with van der Waals surface area (Å²) >= 11 is 0. The Kier molecular flexibility index (Phi) is 2.79. The number of aromatic nitrogens is 2. The molecule has 0 atom stereocenters. The molecule has 0 radical (unpaired) electrons. The standard InChI is InChI=1S/C7H10N2O3/c1-5-8-9-6(12-5)3-4-7(10)11-2/h3-4H2,1-2H3. The van der Waals surface area contributed by atoms with Gasteiger partial charge in [-0.25, -0.2) is 0 Å². The second-order valence-electron chi connectivity index (χ2n) is 2.29. The summed E-state index contributed by atoms with van der Waals surface area (Å²) in [5.41, 5.74) is 0. The van der Waals surface area contributed by atoms with Gasteiger partial charge in [0.25, 0.3) is 0 Å². The van der Waals surface area contributed by atoms with Gasteiger partial charge < -0.3 is 9.15 Å². The molecule has 0 aliphatic heterocycles. The Morgan fingerprint density at radius 2 is 2.33 bits per heavy atom. The topological polar surface area (TPSA) is 65.2 Å². The molecular weight excluding hydrogens is 160 g/mol. The molecule has 0 spiro atoms. The summed E-state index contributed by atoms with van der Waals surface area (Å²) in [5.74, 6) is 0.707. The molecule has 5 nitrogen and oxygen atoms in total. The highest BCUT2D eigenvalue weighted by Crippen LogP contribution is 2.01. The van der Waals surface area contributed by atoms with Gasteiger partial charge in [0, 0.05) is 13.3 Å². The molecule has 0 aliphatic carbocycles. The van der Waals surface area contributed by atoms with Gasteiger partial charge in [-0.3, -0.25) is 4.79 Å². The molecule has 0 aromatic carbocycles. The van der Waals surface area contributed by atoms with Crippen molar-refractivity contribution in [3.05, 3.63) is 11.8 Å². The number of hydrogen-bond donors (Lipinski definition) is 0. The maximum atomic E-state index is 10.7. The molecule has 0 unspecified atom stereocenters. The minimum absolute atomic E-state index is 0.272. The van der Waals surface area contributed by atoms with E-state index in [1.807, 2.05) is 0 Å². The zero-order valence-electron chi connectivity index (χ0n) is 7.03. The number of ether oxygens (including phenoxy) is 1. The van der Waals surface area contributed by atoms with Gasteiger partial charge >= 0.3 is 5.97 Å². The highest BCUT2D eigenvalue weighted by atomic mass is 16.5. The number of carbonyl (C=O) groups is 1. The Labute approximate surface area is 69.7 Å². The molecular formula is C7H10N2O3. The van der Waals surface area contributed by atoms with Crippen molar-refractivity contribution < 1.29 is 13.9 Å². The molecule has 12 heavy (non-hydrogen) atoms. The van der Waals surface area contributed by atoms with Crippen LogP contribution < -0.4 is 0 Å². The summed E-state index contributed by atoms with van der Waals surface area (Å²) in [7, 11) is 1.35. The summed E-state index contributed by atoms with van der Waals surface area (Å²) in [4.78, 5) is 10.7. The van der Waals surface area contributed by atoms with Crippen LogP contribution in [0.5, 0.6) is 0 Å². The highest BCUT2D eigenvalue weighted by Gasteiger charge is 2.05. The third-order valence-electron chi connectivity index (χ3n) is 1.34. The van der Waals surface area contributed by atoms with E-state index in [2.05, 4.69) is 14.9 Å². The second-order valence-corrected chi connectivity index (χ2v) is 2.29. The van der Waals surface area contributed by atoms with Crippen molar-refractivity contribution in [2.45, 2.75) is 19.8 Å². The van der Waals surface area contributed by atoms with Crippen LogP contribution in [0, 0.1) is 6.92 Å². The number of methoxy groups -OCH3 is 1. The monoisotopic (exact) mass is 170 g/mol. The van der Waals surface area contributed by atoms with E-state index in [4.69, 9.17) is 4.42 Å². The molecule has 1 rings (SSSR count). The van der Waals surface area contributed by atoms with Crippen molar-refractivity contribution in [1.82, 2.24) is 10.2 Å². The van der Waals surface area contributed by atoms with Crippen LogP contribution in [0.4, 0.5) is 0 Å². The molecule has 0 bridgehead atoms. The summed E-state index contributed by atoms with van der Waals surface area (Å²) in [6.45, 7) is 1.70. The number of hydrogen-bond acceptors (Lipinski definition) is 5. The van der Waals surface area contributed by atoms with Crippen molar-refractivity contribution in [3.8, 4) is 0 Å². The molecule has 0 fully saturated rings. The first-order valence-electron chi connectivity index (χ1n) is 3.58. The molecule has 5 heteroatoms. The fourth-order valence-corrected chi connectivity index (χ4v) is 0.750. The smallest absolute Gasteiger partial charge is 0.306 e. The predicted octanol–water partition coefficient (Wildman–Crippen LogP) is 0.484. The fraction of sp³-hybridized carbons (Fsp3) is 0.571. The van der Waals surface area contributed by atoms with Crippen LogP contribution in [0.1, 0.15) is 18.2 Å². The van der Waals surface area contributed by atoms with Crippen LogP contribution in [-0.2, 0) is 16.0 Å². The zero-order chi connectivity index (χ0) is 8.97. The van der Waals surface area contributed by atoms with E-state index in [1.165, 1.54) is 7.11 Å². The summed E-state index contributed by atoms with van der Waals surface area (Å²) in [6.07, 6.45) is 0.714. The van der Waals surface area contributed by atoms with Crippen LogP contribution in [0.2, 0.25) is 0 Å². The van der Waals surface area contributed by atoms with Gasteiger partial charge in [0.15, 0.2) is 0 Å². The van der Waals surface area contributed by atoms with Crippen molar-refractivity contribution >= 4 is 5.97 Å².